The lowest BCUT2D eigenvalue weighted by molar-refractivity contribution is -0.906. The molecule has 0 aromatic heterocycles. The van der Waals surface area contributed by atoms with Crippen LogP contribution in [0.3, 0.4) is 0 Å². The average molecular weight is 304 g/mol. The van der Waals surface area contributed by atoms with E-state index in [0.717, 1.165) is 32.8 Å². The van der Waals surface area contributed by atoms with Crippen LogP contribution in [-0.2, 0) is 4.74 Å². The van der Waals surface area contributed by atoms with Crippen LogP contribution < -0.4 is 10.2 Å². The molecular formula is C13H17Cl2N2O2+. The number of hydrogen-bond donors (Lipinski definition) is 2. The molecule has 1 aliphatic rings. The van der Waals surface area contributed by atoms with Crippen LogP contribution in [-0.4, -0.2) is 45.3 Å². The summed E-state index contributed by atoms with van der Waals surface area (Å²) in [6, 6.07) is 4.88. The number of ether oxygens (including phenoxy) is 1. The number of amides is 1. The molecule has 1 fully saturated rings. The number of morpholine rings is 1. The molecule has 104 valence electrons. The summed E-state index contributed by atoms with van der Waals surface area (Å²) in [6.07, 6.45) is 0. The van der Waals surface area contributed by atoms with E-state index in [1.54, 1.807) is 18.2 Å². The minimum Gasteiger partial charge on any atom is -0.370 e. The van der Waals surface area contributed by atoms with Crippen molar-refractivity contribution in [3.05, 3.63) is 33.8 Å². The largest absolute Gasteiger partial charge is 0.370 e. The van der Waals surface area contributed by atoms with Gasteiger partial charge in [0, 0.05) is 5.02 Å². The predicted molar refractivity (Wildman–Crippen MR) is 75.2 cm³/mol. The van der Waals surface area contributed by atoms with Crippen molar-refractivity contribution in [3.8, 4) is 0 Å². The quantitative estimate of drug-likeness (QED) is 0.857. The Morgan fingerprint density at radius 3 is 2.74 bits per heavy atom. The van der Waals surface area contributed by atoms with Gasteiger partial charge in [0.05, 0.1) is 36.9 Å². The molecule has 0 aliphatic carbocycles. The van der Waals surface area contributed by atoms with E-state index < -0.39 is 0 Å². The number of rotatable bonds is 4. The van der Waals surface area contributed by atoms with Gasteiger partial charge in [0.1, 0.15) is 13.1 Å². The summed E-state index contributed by atoms with van der Waals surface area (Å²) in [5.74, 6) is -0.158. The van der Waals surface area contributed by atoms with Crippen LogP contribution in [0.25, 0.3) is 0 Å². The first-order valence-corrected chi connectivity index (χ1v) is 7.07. The number of halogens is 2. The van der Waals surface area contributed by atoms with Crippen LogP contribution in [0.4, 0.5) is 0 Å². The molecule has 0 atom stereocenters. The maximum atomic E-state index is 11.9. The van der Waals surface area contributed by atoms with Gasteiger partial charge in [-0.25, -0.2) is 0 Å². The van der Waals surface area contributed by atoms with Gasteiger partial charge in [-0.05, 0) is 18.2 Å². The summed E-state index contributed by atoms with van der Waals surface area (Å²) in [7, 11) is 0. The van der Waals surface area contributed by atoms with E-state index in [1.807, 2.05) is 0 Å². The van der Waals surface area contributed by atoms with E-state index in [9.17, 15) is 4.79 Å². The Labute approximate surface area is 122 Å². The summed E-state index contributed by atoms with van der Waals surface area (Å²) < 4.78 is 5.29. The normalized spacial score (nSPS) is 16.3. The highest BCUT2D eigenvalue weighted by Gasteiger charge is 2.15. The second-order valence-corrected chi connectivity index (χ2v) is 5.34. The fraction of sp³-hybridized carbons (Fsp3) is 0.462. The zero-order valence-electron chi connectivity index (χ0n) is 10.5. The van der Waals surface area contributed by atoms with Crippen LogP contribution in [0.2, 0.25) is 10.0 Å². The summed E-state index contributed by atoms with van der Waals surface area (Å²) in [5.41, 5.74) is 0.461. The third kappa shape index (κ3) is 4.35. The first-order valence-electron chi connectivity index (χ1n) is 6.31. The second-order valence-electron chi connectivity index (χ2n) is 4.49. The molecular weight excluding hydrogens is 287 g/mol. The van der Waals surface area contributed by atoms with Crippen molar-refractivity contribution in [2.45, 2.75) is 0 Å². The smallest absolute Gasteiger partial charge is 0.253 e. The topological polar surface area (TPSA) is 42.8 Å². The summed E-state index contributed by atoms with van der Waals surface area (Å²) >= 11 is 11.8. The lowest BCUT2D eigenvalue weighted by atomic mass is 10.2. The number of nitrogens with one attached hydrogen (secondary N) is 2. The maximum absolute atomic E-state index is 11.9. The van der Waals surface area contributed by atoms with Crippen LogP contribution >= 0.6 is 23.2 Å². The molecule has 4 nitrogen and oxygen atoms in total. The van der Waals surface area contributed by atoms with Crippen LogP contribution in [0.1, 0.15) is 10.4 Å². The first kappa shape index (κ1) is 14.6. The zero-order valence-corrected chi connectivity index (χ0v) is 12.1. The van der Waals surface area contributed by atoms with Crippen molar-refractivity contribution < 1.29 is 14.4 Å². The molecule has 0 unspecified atom stereocenters. The molecule has 2 rings (SSSR count). The van der Waals surface area contributed by atoms with Gasteiger partial charge in [0.25, 0.3) is 5.91 Å². The monoisotopic (exact) mass is 303 g/mol. The SMILES string of the molecule is O=C(NCC[NH+]1CCOCC1)c1ccc(Cl)cc1Cl. The van der Waals surface area contributed by atoms with Gasteiger partial charge in [0.15, 0.2) is 0 Å². The minimum absolute atomic E-state index is 0.158. The second kappa shape index (κ2) is 7.10. The van der Waals surface area contributed by atoms with Gasteiger partial charge in [-0.2, -0.15) is 0 Å². The fourth-order valence-corrected chi connectivity index (χ4v) is 2.53. The Balaban J connectivity index is 1.80. The zero-order chi connectivity index (χ0) is 13.7. The van der Waals surface area contributed by atoms with Gasteiger partial charge in [-0.3, -0.25) is 4.79 Å². The summed E-state index contributed by atoms with van der Waals surface area (Å²) in [5, 5.41) is 3.78. The molecule has 0 bridgehead atoms. The van der Waals surface area contributed by atoms with E-state index >= 15 is 0 Å². The molecule has 2 N–H and O–H groups in total. The third-order valence-electron chi connectivity index (χ3n) is 3.14. The molecule has 6 heteroatoms. The fourth-order valence-electron chi connectivity index (χ4n) is 2.03. The number of carbonyl (C=O) groups excluding carboxylic acids is 1. The van der Waals surface area contributed by atoms with Crippen LogP contribution in [0, 0.1) is 0 Å². The van der Waals surface area contributed by atoms with E-state index in [0.29, 0.717) is 22.2 Å². The van der Waals surface area contributed by atoms with Gasteiger partial charge in [-0.15, -0.1) is 0 Å². The molecule has 1 saturated heterocycles. The maximum Gasteiger partial charge on any atom is 0.253 e. The Hall–Kier alpha value is -0.810. The lowest BCUT2D eigenvalue weighted by Crippen LogP contribution is -3.14. The first-order chi connectivity index (χ1) is 9.16. The van der Waals surface area contributed by atoms with Crippen molar-refractivity contribution in [2.24, 2.45) is 0 Å². The van der Waals surface area contributed by atoms with Crippen LogP contribution in [0.5, 0.6) is 0 Å². The molecule has 1 aromatic rings. The van der Waals surface area contributed by atoms with Gasteiger partial charge in [0.2, 0.25) is 0 Å². The third-order valence-corrected chi connectivity index (χ3v) is 3.69. The Kier molecular flexibility index (Phi) is 5.45. The van der Waals surface area contributed by atoms with E-state index in [4.69, 9.17) is 27.9 Å². The number of carbonyl (C=O) groups is 1. The van der Waals surface area contributed by atoms with Crippen molar-refractivity contribution >= 4 is 29.1 Å². The van der Waals surface area contributed by atoms with Crippen LogP contribution in [0.15, 0.2) is 18.2 Å². The lowest BCUT2D eigenvalue weighted by Gasteiger charge is -2.23. The Morgan fingerprint density at radius 1 is 1.32 bits per heavy atom. The standard InChI is InChI=1S/C13H16Cl2N2O2/c14-10-1-2-11(12(15)9-10)13(18)16-3-4-17-5-7-19-8-6-17/h1-2,9H,3-8H2,(H,16,18)/p+1. The molecule has 1 aromatic carbocycles. The molecule has 1 amide bonds. The predicted octanol–water partition coefficient (Wildman–Crippen LogP) is 0.638. The molecule has 1 aliphatic heterocycles. The summed E-state index contributed by atoms with van der Waals surface area (Å²) in [6.45, 7) is 5.13. The molecule has 19 heavy (non-hydrogen) atoms. The van der Waals surface area contributed by atoms with E-state index in [1.165, 1.54) is 4.90 Å². The number of hydrogen-bond acceptors (Lipinski definition) is 2. The van der Waals surface area contributed by atoms with Gasteiger partial charge >= 0.3 is 0 Å². The number of quaternary nitrogens is 1. The molecule has 0 radical (unpaired) electrons. The van der Waals surface area contributed by atoms with E-state index in [-0.39, 0.29) is 5.91 Å². The highest BCUT2D eigenvalue weighted by molar-refractivity contribution is 6.36. The molecule has 0 spiro atoms. The van der Waals surface area contributed by atoms with Crippen molar-refractivity contribution in [1.82, 2.24) is 5.32 Å². The van der Waals surface area contributed by atoms with Crippen molar-refractivity contribution in [1.29, 1.82) is 0 Å². The van der Waals surface area contributed by atoms with E-state index in [2.05, 4.69) is 5.32 Å². The Bertz CT molecular complexity index is 448. The van der Waals surface area contributed by atoms with Crippen molar-refractivity contribution in [2.75, 3.05) is 39.4 Å². The highest BCUT2D eigenvalue weighted by Crippen LogP contribution is 2.20. The minimum atomic E-state index is -0.158. The average Bonchev–Trinajstić information content (AvgIpc) is 2.39. The molecule has 0 saturated carbocycles. The number of benzene rings is 1. The Morgan fingerprint density at radius 2 is 2.05 bits per heavy atom. The van der Waals surface area contributed by atoms with Gasteiger partial charge < -0.3 is 15.0 Å². The summed E-state index contributed by atoms with van der Waals surface area (Å²) in [4.78, 5) is 13.4. The molecule has 1 heterocycles. The van der Waals surface area contributed by atoms with Crippen molar-refractivity contribution in [3.63, 3.8) is 0 Å². The highest BCUT2D eigenvalue weighted by atomic mass is 35.5. The van der Waals surface area contributed by atoms with Gasteiger partial charge in [-0.1, -0.05) is 23.2 Å².